The molecule has 0 saturated heterocycles. The van der Waals surface area contributed by atoms with Crippen molar-refractivity contribution in [1.29, 1.82) is 0 Å². The van der Waals surface area contributed by atoms with E-state index in [1.807, 2.05) is 0 Å². The van der Waals surface area contributed by atoms with Gasteiger partial charge < -0.3 is 4.74 Å². The summed E-state index contributed by atoms with van der Waals surface area (Å²) in [5.74, 6) is 1.87. The summed E-state index contributed by atoms with van der Waals surface area (Å²) < 4.78 is 5.51. The third kappa shape index (κ3) is 6.85. The van der Waals surface area contributed by atoms with Crippen LogP contribution in [0, 0.1) is 17.3 Å². The van der Waals surface area contributed by atoms with Gasteiger partial charge in [0, 0.05) is 6.42 Å². The van der Waals surface area contributed by atoms with Crippen molar-refractivity contribution < 1.29 is 9.53 Å². The van der Waals surface area contributed by atoms with Crippen LogP contribution in [0.5, 0.6) is 0 Å². The maximum atomic E-state index is 11.8. The Hall–Kier alpha value is -0.530. The zero-order valence-corrected chi connectivity index (χ0v) is 15.6. The summed E-state index contributed by atoms with van der Waals surface area (Å²) >= 11 is 0. The Morgan fingerprint density at radius 3 is 2.26 bits per heavy atom. The van der Waals surface area contributed by atoms with Gasteiger partial charge in [-0.15, -0.1) is 0 Å². The highest BCUT2D eigenvalue weighted by molar-refractivity contribution is 5.69. The van der Waals surface area contributed by atoms with Crippen molar-refractivity contribution in [3.63, 3.8) is 0 Å². The van der Waals surface area contributed by atoms with E-state index in [-0.39, 0.29) is 5.97 Å². The van der Waals surface area contributed by atoms with E-state index in [0.717, 1.165) is 24.7 Å². The minimum atomic E-state index is 0.0353. The lowest BCUT2D eigenvalue weighted by Gasteiger charge is -2.46. The summed E-state index contributed by atoms with van der Waals surface area (Å²) in [5.41, 5.74) is 0.533. The lowest BCUT2D eigenvalue weighted by Crippen LogP contribution is -2.35. The van der Waals surface area contributed by atoms with Crippen molar-refractivity contribution in [2.75, 3.05) is 6.61 Å². The molecule has 0 aromatic rings. The molecule has 3 saturated carbocycles. The van der Waals surface area contributed by atoms with Gasteiger partial charge >= 0.3 is 5.97 Å². The fourth-order valence-electron chi connectivity index (χ4n) is 4.52. The van der Waals surface area contributed by atoms with E-state index in [9.17, 15) is 4.79 Å². The molecule has 0 unspecified atom stereocenters. The lowest BCUT2D eigenvalue weighted by molar-refractivity contribution is -0.145. The molecule has 0 radical (unpaired) electrons. The van der Waals surface area contributed by atoms with Crippen LogP contribution in [0.15, 0.2) is 0 Å². The number of hydrogen-bond acceptors (Lipinski definition) is 2. The first kappa shape index (κ1) is 18.8. The van der Waals surface area contributed by atoms with Gasteiger partial charge in [-0.3, -0.25) is 4.79 Å². The molecule has 0 aromatic carbocycles. The van der Waals surface area contributed by atoms with E-state index in [4.69, 9.17) is 4.74 Å². The van der Waals surface area contributed by atoms with Crippen LogP contribution in [0.3, 0.4) is 0 Å². The third-order valence-corrected chi connectivity index (χ3v) is 6.31. The summed E-state index contributed by atoms with van der Waals surface area (Å²) in [4.78, 5) is 11.8. The van der Waals surface area contributed by atoms with E-state index < -0.39 is 0 Å². The van der Waals surface area contributed by atoms with Crippen molar-refractivity contribution in [3.05, 3.63) is 0 Å². The number of fused-ring (bicyclic) bond motifs is 3. The zero-order chi connectivity index (χ0) is 16.5. The van der Waals surface area contributed by atoms with Gasteiger partial charge in [0.2, 0.25) is 0 Å². The highest BCUT2D eigenvalue weighted by atomic mass is 16.5. The number of unbranched alkanes of at least 4 members (excludes halogenated alkanes) is 4. The Balaban J connectivity index is 1.44. The molecule has 0 heterocycles. The largest absolute Gasteiger partial charge is 0.466 e. The number of ether oxygens (including phenoxy) is 1. The molecule has 2 nitrogen and oxygen atoms in total. The zero-order valence-electron chi connectivity index (χ0n) is 15.6. The van der Waals surface area contributed by atoms with Gasteiger partial charge in [0.25, 0.3) is 0 Å². The molecule has 0 amide bonds. The second kappa shape index (κ2) is 9.69. The molecule has 3 aliphatic rings. The maximum absolute atomic E-state index is 11.8. The molecule has 3 rings (SSSR count). The normalized spacial score (nSPS) is 26.7. The van der Waals surface area contributed by atoms with Gasteiger partial charge in [0.1, 0.15) is 0 Å². The SMILES string of the molecule is CC(C)CCCCCCCC(=O)OCCC12CCC(CC1)CC2. The van der Waals surface area contributed by atoms with Crippen molar-refractivity contribution in [2.45, 2.75) is 104 Å². The molecule has 0 spiro atoms. The van der Waals surface area contributed by atoms with Gasteiger partial charge in [-0.2, -0.15) is 0 Å². The first-order valence-electron chi connectivity index (χ1n) is 10.3. The maximum Gasteiger partial charge on any atom is 0.305 e. The molecule has 134 valence electrons. The van der Waals surface area contributed by atoms with Crippen LogP contribution in [-0.2, 0) is 9.53 Å². The molecule has 3 fully saturated rings. The minimum absolute atomic E-state index is 0.0353. The summed E-state index contributed by atoms with van der Waals surface area (Å²) in [7, 11) is 0. The molecule has 0 atom stereocenters. The van der Waals surface area contributed by atoms with E-state index in [1.165, 1.54) is 70.6 Å². The van der Waals surface area contributed by atoms with Crippen molar-refractivity contribution in [2.24, 2.45) is 17.3 Å². The Labute approximate surface area is 143 Å². The smallest absolute Gasteiger partial charge is 0.305 e. The molecule has 2 heteroatoms. The third-order valence-electron chi connectivity index (χ3n) is 6.31. The second-order valence-electron chi connectivity index (χ2n) is 8.65. The van der Waals surface area contributed by atoms with Crippen LogP contribution in [-0.4, -0.2) is 12.6 Å². The van der Waals surface area contributed by atoms with Crippen molar-refractivity contribution >= 4 is 5.97 Å². The van der Waals surface area contributed by atoms with Crippen molar-refractivity contribution in [3.8, 4) is 0 Å². The van der Waals surface area contributed by atoms with Crippen LogP contribution in [0.4, 0.5) is 0 Å². The van der Waals surface area contributed by atoms with Gasteiger partial charge in [0.05, 0.1) is 6.61 Å². The molecule has 0 aromatic heterocycles. The summed E-state index contributed by atoms with van der Waals surface area (Å²) in [6.07, 6.45) is 17.6. The van der Waals surface area contributed by atoms with E-state index >= 15 is 0 Å². The quantitative estimate of drug-likeness (QED) is 0.330. The Morgan fingerprint density at radius 1 is 1.00 bits per heavy atom. The molecule has 23 heavy (non-hydrogen) atoms. The number of carbonyl (C=O) groups is 1. The molecule has 0 aliphatic heterocycles. The molecule has 0 N–H and O–H groups in total. The highest BCUT2D eigenvalue weighted by Gasteiger charge is 2.39. The van der Waals surface area contributed by atoms with Crippen LogP contribution in [0.25, 0.3) is 0 Å². The number of carbonyl (C=O) groups excluding carboxylic acids is 1. The first-order valence-corrected chi connectivity index (χ1v) is 10.3. The summed E-state index contributed by atoms with van der Waals surface area (Å²) in [5, 5.41) is 0. The fourth-order valence-corrected chi connectivity index (χ4v) is 4.52. The molecular weight excluding hydrogens is 284 g/mol. The Kier molecular flexibility index (Phi) is 7.92. The fraction of sp³-hybridized carbons (Fsp3) is 0.952. The molecular formula is C21H38O2. The summed E-state index contributed by atoms with van der Waals surface area (Å²) in [6.45, 7) is 5.24. The van der Waals surface area contributed by atoms with Gasteiger partial charge in [-0.05, 0) is 68.6 Å². The first-order chi connectivity index (χ1) is 11.1. The highest BCUT2D eigenvalue weighted by Crippen LogP contribution is 2.52. The summed E-state index contributed by atoms with van der Waals surface area (Å²) in [6, 6.07) is 0. The number of hydrogen-bond donors (Lipinski definition) is 0. The van der Waals surface area contributed by atoms with Gasteiger partial charge in [0.15, 0.2) is 0 Å². The minimum Gasteiger partial charge on any atom is -0.466 e. The van der Waals surface area contributed by atoms with Crippen LogP contribution in [0.1, 0.15) is 104 Å². The van der Waals surface area contributed by atoms with Gasteiger partial charge in [-0.25, -0.2) is 0 Å². The predicted molar refractivity (Wildman–Crippen MR) is 96.4 cm³/mol. The van der Waals surface area contributed by atoms with Crippen LogP contribution >= 0.6 is 0 Å². The molecule has 2 bridgehead atoms. The Bertz CT molecular complexity index is 326. The Morgan fingerprint density at radius 2 is 1.61 bits per heavy atom. The number of rotatable bonds is 11. The monoisotopic (exact) mass is 322 g/mol. The second-order valence-corrected chi connectivity index (χ2v) is 8.65. The topological polar surface area (TPSA) is 26.3 Å². The van der Waals surface area contributed by atoms with Gasteiger partial charge in [-0.1, -0.05) is 46.0 Å². The standard InChI is InChI=1S/C21H38O2/c1-18(2)8-6-4-3-5-7-9-20(22)23-17-16-21-13-10-19(11-14-21)12-15-21/h18-19H,3-17H2,1-2H3. The average molecular weight is 323 g/mol. The number of esters is 1. The van der Waals surface area contributed by atoms with E-state index in [1.54, 1.807) is 0 Å². The van der Waals surface area contributed by atoms with Crippen LogP contribution < -0.4 is 0 Å². The van der Waals surface area contributed by atoms with Crippen LogP contribution in [0.2, 0.25) is 0 Å². The van der Waals surface area contributed by atoms with Crippen molar-refractivity contribution in [1.82, 2.24) is 0 Å². The van der Waals surface area contributed by atoms with E-state index in [2.05, 4.69) is 13.8 Å². The predicted octanol–water partition coefficient (Wildman–Crippen LogP) is 6.28. The molecule has 3 aliphatic carbocycles. The van der Waals surface area contributed by atoms with E-state index in [0.29, 0.717) is 18.4 Å². The average Bonchev–Trinajstić information content (AvgIpc) is 2.55. The lowest BCUT2D eigenvalue weighted by atomic mass is 9.59.